The summed E-state index contributed by atoms with van der Waals surface area (Å²) in [6.45, 7) is 0. The van der Waals surface area contributed by atoms with E-state index in [1.807, 2.05) is 36.4 Å². The van der Waals surface area contributed by atoms with Crippen LogP contribution in [0.3, 0.4) is 0 Å². The molecule has 2 aromatic carbocycles. The van der Waals surface area contributed by atoms with E-state index in [0.717, 1.165) is 11.1 Å². The maximum absolute atomic E-state index is 12.3. The Morgan fingerprint density at radius 2 is 1.67 bits per heavy atom. The molecule has 0 saturated heterocycles. The number of carboxylic acids is 1. The number of hydrogen-bond acceptors (Lipinski definition) is 3. The minimum atomic E-state index is -1.03. The average Bonchev–Trinajstić information content (AvgIpc) is 3.06. The van der Waals surface area contributed by atoms with Crippen LogP contribution in [0.4, 0.5) is 5.69 Å². The van der Waals surface area contributed by atoms with Gasteiger partial charge in [-0.3, -0.25) is 4.79 Å². The Morgan fingerprint density at radius 3 is 2.33 bits per heavy atom. The first-order chi connectivity index (χ1) is 11.6. The lowest BCUT2D eigenvalue weighted by molar-refractivity contribution is -0.132. The molecule has 0 aliphatic carbocycles. The highest BCUT2D eigenvalue weighted by Crippen LogP contribution is 2.29. The molecule has 3 rings (SSSR count). The minimum absolute atomic E-state index is 0.185. The summed E-state index contributed by atoms with van der Waals surface area (Å²) < 4.78 is 0. The van der Waals surface area contributed by atoms with E-state index in [9.17, 15) is 9.59 Å². The molecule has 0 unspecified atom stereocenters. The predicted octanol–water partition coefficient (Wildman–Crippen LogP) is 4.07. The van der Waals surface area contributed by atoms with Gasteiger partial charge in [-0.25, -0.2) is 4.79 Å². The molecule has 6 heteroatoms. The maximum atomic E-state index is 12.3. The third-order valence-corrected chi connectivity index (χ3v) is 5.03. The molecule has 1 aliphatic heterocycles. The summed E-state index contributed by atoms with van der Waals surface area (Å²) in [6, 6.07) is 14.8. The third-order valence-electron chi connectivity index (χ3n) is 3.72. The van der Waals surface area contributed by atoms with E-state index in [0.29, 0.717) is 27.8 Å². The van der Waals surface area contributed by atoms with Crippen molar-refractivity contribution in [1.29, 1.82) is 0 Å². The van der Waals surface area contributed by atoms with Gasteiger partial charge in [-0.1, -0.05) is 41.9 Å². The fourth-order valence-corrected chi connectivity index (χ4v) is 3.82. The summed E-state index contributed by atoms with van der Waals surface area (Å²) in [6.07, 6.45) is 0. The van der Waals surface area contributed by atoms with Gasteiger partial charge in [-0.05, 0) is 23.8 Å². The van der Waals surface area contributed by atoms with Crippen molar-refractivity contribution in [3.8, 4) is 11.1 Å². The largest absolute Gasteiger partial charge is 0.478 e. The van der Waals surface area contributed by atoms with Crippen LogP contribution in [0.5, 0.6) is 0 Å². The summed E-state index contributed by atoms with van der Waals surface area (Å²) >= 11 is 7.61. The SMILES string of the molecule is O=C(O)C1=C(C(=O)Nc2ccc(-c3ccccc3Cl)cc2)CSC1. The Balaban J connectivity index is 1.78. The van der Waals surface area contributed by atoms with Gasteiger partial charge in [-0.2, -0.15) is 11.8 Å². The minimum Gasteiger partial charge on any atom is -0.478 e. The molecule has 0 saturated carbocycles. The number of aliphatic carboxylic acids is 1. The molecule has 24 heavy (non-hydrogen) atoms. The van der Waals surface area contributed by atoms with Gasteiger partial charge in [0.1, 0.15) is 0 Å². The molecule has 4 nitrogen and oxygen atoms in total. The Labute approximate surface area is 148 Å². The molecule has 0 radical (unpaired) electrons. The van der Waals surface area contributed by atoms with Crippen molar-refractivity contribution in [3.63, 3.8) is 0 Å². The van der Waals surface area contributed by atoms with Crippen LogP contribution in [-0.4, -0.2) is 28.5 Å². The second-order valence-corrected chi connectivity index (χ2v) is 6.66. The Kier molecular flexibility index (Phi) is 4.92. The molecular formula is C18H14ClNO3S. The van der Waals surface area contributed by atoms with Crippen LogP contribution >= 0.6 is 23.4 Å². The standard InChI is InChI=1S/C18H14ClNO3S/c19-16-4-2-1-3-13(16)11-5-7-12(8-6-11)20-17(21)14-9-24-10-15(14)18(22)23/h1-8H,9-10H2,(H,20,21)(H,22,23). The van der Waals surface area contributed by atoms with Crippen LogP contribution in [-0.2, 0) is 9.59 Å². The smallest absolute Gasteiger partial charge is 0.332 e. The van der Waals surface area contributed by atoms with E-state index in [-0.39, 0.29) is 11.5 Å². The molecule has 0 spiro atoms. The van der Waals surface area contributed by atoms with Gasteiger partial charge in [0, 0.05) is 33.4 Å². The quantitative estimate of drug-likeness (QED) is 0.863. The molecule has 0 aromatic heterocycles. The first-order valence-electron chi connectivity index (χ1n) is 7.25. The van der Waals surface area contributed by atoms with Gasteiger partial charge in [0.25, 0.3) is 5.91 Å². The number of nitrogens with one attached hydrogen (secondary N) is 1. The van der Waals surface area contributed by atoms with Gasteiger partial charge in [0.15, 0.2) is 0 Å². The van der Waals surface area contributed by atoms with E-state index in [1.165, 1.54) is 11.8 Å². The van der Waals surface area contributed by atoms with Crippen LogP contribution < -0.4 is 5.32 Å². The molecule has 1 aliphatic rings. The zero-order valence-electron chi connectivity index (χ0n) is 12.6. The van der Waals surface area contributed by atoms with E-state index < -0.39 is 5.97 Å². The van der Waals surface area contributed by atoms with Crippen LogP contribution in [0.1, 0.15) is 0 Å². The zero-order valence-corrected chi connectivity index (χ0v) is 14.2. The molecule has 0 bridgehead atoms. The Morgan fingerprint density at radius 1 is 1.00 bits per heavy atom. The van der Waals surface area contributed by atoms with Crippen molar-refractivity contribution in [2.24, 2.45) is 0 Å². The Hall–Kier alpha value is -2.24. The van der Waals surface area contributed by atoms with Crippen LogP contribution in [0.25, 0.3) is 11.1 Å². The van der Waals surface area contributed by atoms with Gasteiger partial charge < -0.3 is 10.4 Å². The van der Waals surface area contributed by atoms with Crippen molar-refractivity contribution in [1.82, 2.24) is 0 Å². The highest BCUT2D eigenvalue weighted by Gasteiger charge is 2.25. The lowest BCUT2D eigenvalue weighted by atomic mass is 10.1. The number of anilines is 1. The molecule has 2 N–H and O–H groups in total. The van der Waals surface area contributed by atoms with E-state index in [4.69, 9.17) is 16.7 Å². The molecule has 0 fully saturated rings. The molecule has 2 aromatic rings. The van der Waals surface area contributed by atoms with Crippen LogP contribution in [0, 0.1) is 0 Å². The van der Waals surface area contributed by atoms with Crippen molar-refractivity contribution in [2.75, 3.05) is 16.8 Å². The van der Waals surface area contributed by atoms with Gasteiger partial charge in [0.05, 0.1) is 5.57 Å². The summed E-state index contributed by atoms with van der Waals surface area (Å²) in [5.41, 5.74) is 3.00. The first kappa shape index (κ1) is 16.6. The second-order valence-electron chi connectivity index (χ2n) is 5.27. The van der Waals surface area contributed by atoms with E-state index in [1.54, 1.807) is 12.1 Å². The number of rotatable bonds is 4. The zero-order chi connectivity index (χ0) is 17.1. The number of hydrogen-bond donors (Lipinski definition) is 2. The molecule has 1 heterocycles. The van der Waals surface area contributed by atoms with E-state index in [2.05, 4.69) is 5.32 Å². The highest BCUT2D eigenvalue weighted by molar-refractivity contribution is 8.00. The highest BCUT2D eigenvalue weighted by atomic mass is 35.5. The fourth-order valence-electron chi connectivity index (χ4n) is 2.46. The fraction of sp³-hybridized carbons (Fsp3) is 0.111. The van der Waals surface area contributed by atoms with Crippen molar-refractivity contribution < 1.29 is 14.7 Å². The number of halogens is 1. The molecule has 0 atom stereocenters. The maximum Gasteiger partial charge on any atom is 0.332 e. The topological polar surface area (TPSA) is 66.4 Å². The summed E-state index contributed by atoms with van der Waals surface area (Å²) in [4.78, 5) is 23.4. The van der Waals surface area contributed by atoms with Gasteiger partial charge in [-0.15, -0.1) is 0 Å². The van der Waals surface area contributed by atoms with Crippen LogP contribution in [0.15, 0.2) is 59.7 Å². The molecule has 1 amide bonds. The second kappa shape index (κ2) is 7.11. The lowest BCUT2D eigenvalue weighted by Crippen LogP contribution is -2.18. The average molecular weight is 360 g/mol. The lowest BCUT2D eigenvalue weighted by Gasteiger charge is -2.09. The normalized spacial score (nSPS) is 13.9. The van der Waals surface area contributed by atoms with Crippen LogP contribution in [0.2, 0.25) is 5.02 Å². The number of amides is 1. The number of carbonyl (C=O) groups excluding carboxylic acids is 1. The van der Waals surface area contributed by atoms with Gasteiger partial charge >= 0.3 is 5.97 Å². The van der Waals surface area contributed by atoms with E-state index >= 15 is 0 Å². The number of benzene rings is 2. The monoisotopic (exact) mass is 359 g/mol. The molecular weight excluding hydrogens is 346 g/mol. The first-order valence-corrected chi connectivity index (χ1v) is 8.79. The predicted molar refractivity (Wildman–Crippen MR) is 97.5 cm³/mol. The summed E-state index contributed by atoms with van der Waals surface area (Å²) in [5.74, 6) is -0.601. The van der Waals surface area contributed by atoms with Crippen molar-refractivity contribution in [3.05, 3.63) is 64.7 Å². The Bertz CT molecular complexity index is 830. The summed E-state index contributed by atoms with van der Waals surface area (Å²) in [7, 11) is 0. The number of thioether (sulfide) groups is 1. The van der Waals surface area contributed by atoms with Crippen molar-refractivity contribution >= 4 is 40.9 Å². The molecule has 122 valence electrons. The third kappa shape index (κ3) is 3.47. The summed E-state index contributed by atoms with van der Waals surface area (Å²) in [5, 5.41) is 12.5. The number of carboxylic acid groups (broad SMARTS) is 1. The van der Waals surface area contributed by atoms with Crippen molar-refractivity contribution in [2.45, 2.75) is 0 Å². The van der Waals surface area contributed by atoms with Gasteiger partial charge in [0.2, 0.25) is 0 Å². The number of carbonyl (C=O) groups is 2.